The fourth-order valence-corrected chi connectivity index (χ4v) is 1.04. The summed E-state index contributed by atoms with van der Waals surface area (Å²) in [5.74, 6) is -0.471. The molecule has 0 aliphatic rings. The van der Waals surface area contributed by atoms with Crippen LogP contribution in [0.5, 0.6) is 0 Å². The zero-order valence-corrected chi connectivity index (χ0v) is 6.17. The van der Waals surface area contributed by atoms with Crippen molar-refractivity contribution in [2.24, 2.45) is 0 Å². The van der Waals surface area contributed by atoms with E-state index in [4.69, 9.17) is 10.2 Å². The SMILES string of the molecule is [CH2]c1ccc(F)c2oc(N)nc12. The molecule has 61 valence electrons. The standard InChI is InChI=1S/C8H6FN2O/c1-4-2-3-5(9)7-6(4)11-8(10)12-7/h2-3H,1H2,(H2,10,11). The van der Waals surface area contributed by atoms with Crippen LogP contribution < -0.4 is 5.73 Å². The van der Waals surface area contributed by atoms with Gasteiger partial charge in [-0.05, 0) is 18.6 Å². The van der Waals surface area contributed by atoms with Gasteiger partial charge in [0.1, 0.15) is 5.52 Å². The van der Waals surface area contributed by atoms with E-state index in [0.717, 1.165) is 0 Å². The van der Waals surface area contributed by atoms with E-state index in [1.165, 1.54) is 12.1 Å². The van der Waals surface area contributed by atoms with Crippen LogP contribution in [0.3, 0.4) is 0 Å². The topological polar surface area (TPSA) is 52.0 Å². The molecule has 1 aromatic heterocycles. The van der Waals surface area contributed by atoms with Crippen LogP contribution in [0.2, 0.25) is 0 Å². The van der Waals surface area contributed by atoms with Gasteiger partial charge in [-0.2, -0.15) is 4.98 Å². The fourth-order valence-electron chi connectivity index (χ4n) is 1.04. The number of oxazole rings is 1. The first-order valence-electron chi connectivity index (χ1n) is 3.35. The van der Waals surface area contributed by atoms with Gasteiger partial charge in [0.05, 0.1) is 0 Å². The number of nitrogens with zero attached hydrogens (tertiary/aromatic N) is 1. The Labute approximate surface area is 68.0 Å². The van der Waals surface area contributed by atoms with E-state index in [9.17, 15) is 4.39 Å². The van der Waals surface area contributed by atoms with Gasteiger partial charge in [0.25, 0.3) is 6.01 Å². The number of fused-ring (bicyclic) bond motifs is 1. The molecule has 4 heteroatoms. The number of halogens is 1. The molecule has 1 radical (unpaired) electrons. The van der Waals surface area contributed by atoms with Crippen molar-refractivity contribution in [3.05, 3.63) is 30.4 Å². The van der Waals surface area contributed by atoms with Crippen molar-refractivity contribution >= 4 is 17.1 Å². The molecule has 0 unspecified atom stereocenters. The Balaban J connectivity index is 2.93. The number of hydrogen-bond donors (Lipinski definition) is 1. The Morgan fingerprint density at radius 3 is 2.92 bits per heavy atom. The van der Waals surface area contributed by atoms with E-state index >= 15 is 0 Å². The third-order valence-corrected chi connectivity index (χ3v) is 1.60. The van der Waals surface area contributed by atoms with Gasteiger partial charge in [0.15, 0.2) is 11.4 Å². The number of nitrogens with two attached hydrogens (primary N) is 1. The van der Waals surface area contributed by atoms with Gasteiger partial charge < -0.3 is 10.2 Å². The summed E-state index contributed by atoms with van der Waals surface area (Å²) in [5, 5.41) is 0. The van der Waals surface area contributed by atoms with E-state index in [2.05, 4.69) is 11.9 Å². The molecule has 3 nitrogen and oxygen atoms in total. The largest absolute Gasteiger partial charge is 0.421 e. The summed E-state index contributed by atoms with van der Waals surface area (Å²) in [7, 11) is 0. The first-order valence-corrected chi connectivity index (χ1v) is 3.35. The van der Waals surface area contributed by atoms with Crippen molar-refractivity contribution in [1.82, 2.24) is 4.98 Å². The molecular formula is C8H6FN2O. The van der Waals surface area contributed by atoms with Gasteiger partial charge in [-0.15, -0.1) is 0 Å². The first kappa shape index (κ1) is 7.09. The van der Waals surface area contributed by atoms with Crippen molar-refractivity contribution in [3.63, 3.8) is 0 Å². The lowest BCUT2D eigenvalue weighted by atomic mass is 10.2. The summed E-state index contributed by atoms with van der Waals surface area (Å²) >= 11 is 0. The van der Waals surface area contributed by atoms with Gasteiger partial charge >= 0.3 is 0 Å². The van der Waals surface area contributed by atoms with Crippen LogP contribution in [0, 0.1) is 12.7 Å². The zero-order chi connectivity index (χ0) is 8.72. The van der Waals surface area contributed by atoms with Crippen molar-refractivity contribution in [1.29, 1.82) is 0 Å². The molecule has 1 heterocycles. The molecule has 2 aromatic rings. The predicted octanol–water partition coefficient (Wildman–Crippen LogP) is 1.73. The van der Waals surface area contributed by atoms with Crippen LogP contribution in [0.4, 0.5) is 10.4 Å². The van der Waals surface area contributed by atoms with Crippen LogP contribution in [0.15, 0.2) is 16.5 Å². The fraction of sp³-hybridized carbons (Fsp3) is 0. The molecule has 0 bridgehead atoms. The van der Waals surface area contributed by atoms with Crippen molar-refractivity contribution in [3.8, 4) is 0 Å². The maximum absolute atomic E-state index is 13.0. The molecule has 0 aliphatic heterocycles. The smallest absolute Gasteiger partial charge is 0.293 e. The van der Waals surface area contributed by atoms with Crippen molar-refractivity contribution < 1.29 is 8.81 Å². The molecule has 2 rings (SSSR count). The molecule has 0 aliphatic carbocycles. The quantitative estimate of drug-likeness (QED) is 0.646. The van der Waals surface area contributed by atoms with Crippen molar-refractivity contribution in [2.75, 3.05) is 5.73 Å². The molecule has 0 atom stereocenters. The first-order chi connectivity index (χ1) is 5.68. The molecule has 0 spiro atoms. The third kappa shape index (κ3) is 0.845. The molecule has 0 fully saturated rings. The minimum absolute atomic E-state index is 0.0417. The molecule has 0 saturated heterocycles. The van der Waals surface area contributed by atoms with Crippen LogP contribution in [-0.2, 0) is 0 Å². The number of aromatic nitrogens is 1. The van der Waals surface area contributed by atoms with Crippen LogP contribution >= 0.6 is 0 Å². The van der Waals surface area contributed by atoms with E-state index in [-0.39, 0.29) is 11.6 Å². The minimum Gasteiger partial charge on any atom is -0.421 e. The van der Waals surface area contributed by atoms with Gasteiger partial charge in [0, 0.05) is 0 Å². The van der Waals surface area contributed by atoms with E-state index in [1.807, 2.05) is 0 Å². The monoisotopic (exact) mass is 165 g/mol. The Hall–Kier alpha value is -1.58. The molecular weight excluding hydrogens is 159 g/mol. The van der Waals surface area contributed by atoms with Gasteiger partial charge in [-0.1, -0.05) is 6.07 Å². The highest BCUT2D eigenvalue weighted by molar-refractivity contribution is 5.79. The van der Waals surface area contributed by atoms with Crippen LogP contribution in [0.1, 0.15) is 5.56 Å². The second-order valence-electron chi connectivity index (χ2n) is 2.44. The Morgan fingerprint density at radius 1 is 1.50 bits per heavy atom. The number of rotatable bonds is 0. The number of hydrogen-bond acceptors (Lipinski definition) is 3. The van der Waals surface area contributed by atoms with Crippen LogP contribution in [-0.4, -0.2) is 4.98 Å². The van der Waals surface area contributed by atoms with E-state index in [0.29, 0.717) is 11.1 Å². The molecule has 12 heavy (non-hydrogen) atoms. The van der Waals surface area contributed by atoms with Gasteiger partial charge in [-0.3, -0.25) is 0 Å². The average molecular weight is 165 g/mol. The second kappa shape index (κ2) is 2.20. The number of nitrogen functional groups attached to an aromatic ring is 1. The Kier molecular flexibility index (Phi) is 1.30. The maximum atomic E-state index is 13.0. The predicted molar refractivity (Wildman–Crippen MR) is 42.8 cm³/mol. The lowest BCUT2D eigenvalue weighted by Crippen LogP contribution is -1.82. The highest BCUT2D eigenvalue weighted by Gasteiger charge is 2.09. The zero-order valence-electron chi connectivity index (χ0n) is 6.17. The van der Waals surface area contributed by atoms with Gasteiger partial charge in [0.2, 0.25) is 0 Å². The Morgan fingerprint density at radius 2 is 2.25 bits per heavy atom. The van der Waals surface area contributed by atoms with E-state index < -0.39 is 5.82 Å². The number of anilines is 1. The summed E-state index contributed by atoms with van der Waals surface area (Å²) in [4.78, 5) is 3.78. The highest BCUT2D eigenvalue weighted by atomic mass is 19.1. The maximum Gasteiger partial charge on any atom is 0.293 e. The highest BCUT2D eigenvalue weighted by Crippen LogP contribution is 2.22. The van der Waals surface area contributed by atoms with Crippen molar-refractivity contribution in [2.45, 2.75) is 0 Å². The Bertz CT molecular complexity index is 397. The summed E-state index contributed by atoms with van der Waals surface area (Å²) in [6.07, 6.45) is 0. The van der Waals surface area contributed by atoms with Crippen LogP contribution in [0.25, 0.3) is 11.1 Å². The summed E-state index contributed by atoms with van der Waals surface area (Å²) in [6.45, 7) is 3.66. The molecule has 2 N–H and O–H groups in total. The molecule has 0 amide bonds. The second-order valence-corrected chi connectivity index (χ2v) is 2.44. The normalized spacial score (nSPS) is 10.8. The third-order valence-electron chi connectivity index (χ3n) is 1.60. The lowest BCUT2D eigenvalue weighted by Gasteiger charge is -1.91. The molecule has 0 saturated carbocycles. The summed E-state index contributed by atoms with van der Waals surface area (Å²) < 4.78 is 17.8. The average Bonchev–Trinajstić information content (AvgIpc) is 2.41. The lowest BCUT2D eigenvalue weighted by molar-refractivity contribution is 0.567. The van der Waals surface area contributed by atoms with Gasteiger partial charge in [-0.25, -0.2) is 4.39 Å². The van der Waals surface area contributed by atoms with E-state index in [1.54, 1.807) is 0 Å². The summed E-state index contributed by atoms with van der Waals surface area (Å²) in [5.41, 5.74) is 6.31. The summed E-state index contributed by atoms with van der Waals surface area (Å²) in [6, 6.07) is 2.76. The number of benzene rings is 1. The molecule has 1 aromatic carbocycles. The minimum atomic E-state index is -0.471.